The lowest BCUT2D eigenvalue weighted by Crippen LogP contribution is -2.40. The number of hydrogen-bond donors (Lipinski definition) is 1. The molecule has 0 saturated carbocycles. The van der Waals surface area contributed by atoms with Crippen LogP contribution in [0.25, 0.3) is 0 Å². The van der Waals surface area contributed by atoms with Gasteiger partial charge in [0, 0.05) is 6.42 Å². The first-order valence-electron chi connectivity index (χ1n) is 7.90. The Balaban J connectivity index is 1.41. The van der Waals surface area contributed by atoms with Crippen molar-refractivity contribution in [2.75, 3.05) is 6.54 Å². The topological polar surface area (TPSA) is 47.6 Å². The number of hydrogen-bond acceptors (Lipinski definition) is 3. The Morgan fingerprint density at radius 1 is 1.22 bits per heavy atom. The lowest BCUT2D eigenvalue weighted by molar-refractivity contribution is -0.132. The van der Waals surface area contributed by atoms with Gasteiger partial charge in [0.25, 0.3) is 0 Å². The van der Waals surface area contributed by atoms with Crippen LogP contribution in [0.4, 0.5) is 0 Å². The molecular formula is C19H21NO3. The summed E-state index contributed by atoms with van der Waals surface area (Å²) in [7, 11) is 0. The van der Waals surface area contributed by atoms with Crippen LogP contribution < -0.4 is 10.1 Å². The Hall–Kier alpha value is -2.33. The highest BCUT2D eigenvalue weighted by Crippen LogP contribution is 2.27. The molecule has 0 fully saturated rings. The van der Waals surface area contributed by atoms with Gasteiger partial charge in [-0.25, -0.2) is 0 Å². The standard InChI is InChI=1S/C19H21NO3/c1-14(22-13-15-7-3-2-4-8-15)19(21)20-12-17-11-16-9-5-6-10-18(16)23-17/h2-10,14,17H,11-13H2,1H3,(H,20,21)/t14-,17-/m0/s1. The van der Waals surface area contributed by atoms with Crippen molar-refractivity contribution < 1.29 is 14.3 Å². The SMILES string of the molecule is C[C@H](OCc1ccccc1)C(=O)NC[C@@H]1Cc2ccccc2O1. The van der Waals surface area contributed by atoms with Gasteiger partial charge in [0.2, 0.25) is 5.91 Å². The molecule has 23 heavy (non-hydrogen) atoms. The van der Waals surface area contributed by atoms with Gasteiger partial charge in [0.1, 0.15) is 18.0 Å². The number of carbonyl (C=O) groups is 1. The number of carbonyl (C=O) groups excluding carboxylic acids is 1. The predicted molar refractivity (Wildman–Crippen MR) is 88.3 cm³/mol. The second kappa shape index (κ2) is 7.29. The van der Waals surface area contributed by atoms with Gasteiger partial charge < -0.3 is 14.8 Å². The van der Waals surface area contributed by atoms with Gasteiger partial charge in [0.15, 0.2) is 0 Å². The average Bonchev–Trinajstić information content (AvgIpc) is 3.01. The quantitative estimate of drug-likeness (QED) is 0.892. The van der Waals surface area contributed by atoms with Crippen LogP contribution in [0, 0.1) is 0 Å². The van der Waals surface area contributed by atoms with Crippen molar-refractivity contribution >= 4 is 5.91 Å². The highest BCUT2D eigenvalue weighted by Gasteiger charge is 2.23. The first-order valence-corrected chi connectivity index (χ1v) is 7.90. The smallest absolute Gasteiger partial charge is 0.248 e. The number of para-hydroxylation sites is 1. The molecule has 0 radical (unpaired) electrons. The van der Waals surface area contributed by atoms with E-state index in [1.807, 2.05) is 48.5 Å². The van der Waals surface area contributed by atoms with Gasteiger partial charge in [-0.2, -0.15) is 0 Å². The molecule has 1 amide bonds. The van der Waals surface area contributed by atoms with Crippen LogP contribution in [0.3, 0.4) is 0 Å². The molecule has 1 N–H and O–H groups in total. The van der Waals surface area contributed by atoms with Crippen molar-refractivity contribution in [1.29, 1.82) is 0 Å². The molecule has 0 aliphatic carbocycles. The van der Waals surface area contributed by atoms with Crippen LogP contribution in [0.2, 0.25) is 0 Å². The zero-order chi connectivity index (χ0) is 16.1. The second-order valence-corrected chi connectivity index (χ2v) is 5.74. The summed E-state index contributed by atoms with van der Waals surface area (Å²) >= 11 is 0. The molecule has 2 atom stereocenters. The highest BCUT2D eigenvalue weighted by atomic mass is 16.5. The van der Waals surface area contributed by atoms with Crippen LogP contribution in [-0.4, -0.2) is 24.7 Å². The maximum absolute atomic E-state index is 12.1. The second-order valence-electron chi connectivity index (χ2n) is 5.74. The monoisotopic (exact) mass is 311 g/mol. The largest absolute Gasteiger partial charge is 0.488 e. The van der Waals surface area contributed by atoms with E-state index in [4.69, 9.17) is 9.47 Å². The molecule has 0 saturated heterocycles. The van der Waals surface area contributed by atoms with Crippen LogP contribution in [0.5, 0.6) is 5.75 Å². The van der Waals surface area contributed by atoms with Crippen molar-refractivity contribution in [3.63, 3.8) is 0 Å². The third-order valence-electron chi connectivity index (χ3n) is 3.93. The van der Waals surface area contributed by atoms with Crippen molar-refractivity contribution in [2.45, 2.75) is 32.2 Å². The van der Waals surface area contributed by atoms with Gasteiger partial charge in [-0.05, 0) is 24.1 Å². The molecule has 1 aliphatic rings. The van der Waals surface area contributed by atoms with E-state index in [1.54, 1.807) is 6.92 Å². The molecule has 0 bridgehead atoms. The zero-order valence-electron chi connectivity index (χ0n) is 13.2. The van der Waals surface area contributed by atoms with E-state index in [0.717, 1.165) is 17.7 Å². The fourth-order valence-electron chi connectivity index (χ4n) is 2.60. The lowest BCUT2D eigenvalue weighted by atomic mass is 10.1. The Kier molecular flexibility index (Phi) is 4.93. The summed E-state index contributed by atoms with van der Waals surface area (Å²) in [5.74, 6) is 0.806. The van der Waals surface area contributed by atoms with Gasteiger partial charge >= 0.3 is 0 Å². The minimum Gasteiger partial charge on any atom is -0.488 e. The molecular weight excluding hydrogens is 290 g/mol. The molecule has 0 aromatic heterocycles. The van der Waals surface area contributed by atoms with Gasteiger partial charge in [0.05, 0.1) is 13.2 Å². The van der Waals surface area contributed by atoms with E-state index in [2.05, 4.69) is 11.4 Å². The average molecular weight is 311 g/mol. The van der Waals surface area contributed by atoms with Crippen LogP contribution >= 0.6 is 0 Å². The fraction of sp³-hybridized carbons (Fsp3) is 0.316. The van der Waals surface area contributed by atoms with Crippen molar-refractivity contribution in [3.8, 4) is 5.75 Å². The molecule has 0 spiro atoms. The Bertz CT molecular complexity index is 632. The zero-order valence-corrected chi connectivity index (χ0v) is 13.2. The fourth-order valence-corrected chi connectivity index (χ4v) is 2.60. The minimum atomic E-state index is -0.487. The molecule has 4 heteroatoms. The number of ether oxygens (including phenoxy) is 2. The Labute approximate surface area is 136 Å². The normalized spacial score (nSPS) is 17.2. The van der Waals surface area contributed by atoms with E-state index in [1.165, 1.54) is 5.56 Å². The van der Waals surface area contributed by atoms with Gasteiger partial charge in [-0.1, -0.05) is 48.5 Å². The lowest BCUT2D eigenvalue weighted by Gasteiger charge is -2.16. The molecule has 3 rings (SSSR count). The predicted octanol–water partition coefficient (Wildman–Crippen LogP) is 2.71. The van der Waals surface area contributed by atoms with Crippen molar-refractivity contribution in [1.82, 2.24) is 5.32 Å². The Morgan fingerprint density at radius 2 is 1.96 bits per heavy atom. The van der Waals surface area contributed by atoms with Crippen LogP contribution in [-0.2, 0) is 22.6 Å². The summed E-state index contributed by atoms with van der Waals surface area (Å²) in [6, 6.07) is 17.8. The highest BCUT2D eigenvalue weighted by molar-refractivity contribution is 5.80. The first-order chi connectivity index (χ1) is 11.2. The van der Waals surface area contributed by atoms with E-state index in [9.17, 15) is 4.79 Å². The molecule has 120 valence electrons. The first kappa shape index (κ1) is 15.6. The third-order valence-corrected chi connectivity index (χ3v) is 3.93. The number of nitrogens with one attached hydrogen (secondary N) is 1. The Morgan fingerprint density at radius 3 is 2.74 bits per heavy atom. The van der Waals surface area contributed by atoms with Crippen LogP contribution in [0.15, 0.2) is 54.6 Å². The molecule has 1 heterocycles. The molecule has 4 nitrogen and oxygen atoms in total. The maximum Gasteiger partial charge on any atom is 0.248 e. The maximum atomic E-state index is 12.1. The molecule has 1 aliphatic heterocycles. The summed E-state index contributed by atoms with van der Waals surface area (Å²) in [5, 5.41) is 2.91. The van der Waals surface area contributed by atoms with E-state index >= 15 is 0 Å². The number of fused-ring (bicyclic) bond motifs is 1. The summed E-state index contributed by atoms with van der Waals surface area (Å²) < 4.78 is 11.4. The number of rotatable bonds is 6. The number of benzene rings is 2. The summed E-state index contributed by atoms with van der Waals surface area (Å²) in [6.45, 7) is 2.69. The summed E-state index contributed by atoms with van der Waals surface area (Å²) in [6.07, 6.45) is 0.340. The summed E-state index contributed by atoms with van der Waals surface area (Å²) in [4.78, 5) is 12.1. The van der Waals surface area contributed by atoms with Crippen LogP contribution in [0.1, 0.15) is 18.1 Å². The van der Waals surface area contributed by atoms with Gasteiger partial charge in [-0.3, -0.25) is 4.79 Å². The molecule has 0 unspecified atom stereocenters. The van der Waals surface area contributed by atoms with Crippen molar-refractivity contribution in [2.24, 2.45) is 0 Å². The molecule has 2 aromatic rings. The van der Waals surface area contributed by atoms with Gasteiger partial charge in [-0.15, -0.1) is 0 Å². The van der Waals surface area contributed by atoms with Crippen molar-refractivity contribution in [3.05, 3.63) is 65.7 Å². The van der Waals surface area contributed by atoms with E-state index in [-0.39, 0.29) is 12.0 Å². The summed E-state index contributed by atoms with van der Waals surface area (Å²) in [5.41, 5.74) is 2.25. The molecule has 2 aromatic carbocycles. The third kappa shape index (κ3) is 4.11. The minimum absolute atomic E-state index is 0.00215. The number of amides is 1. The van der Waals surface area contributed by atoms with E-state index in [0.29, 0.717) is 13.2 Å². The van der Waals surface area contributed by atoms with E-state index < -0.39 is 6.10 Å².